The Bertz CT molecular complexity index is 528. The number of alkyl halides is 3. The zero-order chi connectivity index (χ0) is 14.2. The van der Waals surface area contributed by atoms with Gasteiger partial charge in [0.15, 0.2) is 0 Å². The van der Waals surface area contributed by atoms with Crippen LogP contribution >= 0.6 is 0 Å². The molecule has 0 unspecified atom stereocenters. The first-order valence-electron chi connectivity index (χ1n) is 5.72. The van der Waals surface area contributed by atoms with Crippen molar-refractivity contribution in [1.82, 2.24) is 19.2 Å². The van der Waals surface area contributed by atoms with Crippen LogP contribution in [0.25, 0.3) is 0 Å². The molecule has 6 nitrogen and oxygen atoms in total. The molecule has 0 aromatic carbocycles. The molecule has 0 radical (unpaired) electrons. The van der Waals surface area contributed by atoms with Crippen LogP contribution in [0, 0.1) is 5.92 Å². The van der Waals surface area contributed by atoms with Gasteiger partial charge >= 0.3 is 11.9 Å². The maximum absolute atomic E-state index is 12.2. The number of hydrogen-bond acceptors (Lipinski definition) is 3. The fourth-order valence-electron chi connectivity index (χ4n) is 1.82. The molecule has 0 spiro atoms. The minimum Gasteiger partial charge on any atom is -0.341 e. The van der Waals surface area contributed by atoms with E-state index in [9.17, 15) is 22.8 Å². The van der Waals surface area contributed by atoms with Crippen molar-refractivity contribution in [3.63, 3.8) is 0 Å². The molecule has 2 rings (SSSR count). The normalized spacial score (nSPS) is 16.5. The Hall–Kier alpha value is -1.80. The van der Waals surface area contributed by atoms with E-state index in [0.29, 0.717) is 0 Å². The molecule has 0 aliphatic carbocycles. The van der Waals surface area contributed by atoms with E-state index < -0.39 is 18.0 Å². The molecule has 0 N–H and O–H groups in total. The summed E-state index contributed by atoms with van der Waals surface area (Å²) in [5.41, 5.74) is -0.357. The monoisotopic (exact) mass is 278 g/mol. The highest BCUT2D eigenvalue weighted by Crippen LogP contribution is 2.33. The van der Waals surface area contributed by atoms with Gasteiger partial charge in [-0.3, -0.25) is 9.36 Å². The third kappa shape index (κ3) is 2.79. The van der Waals surface area contributed by atoms with Crippen LogP contribution in [0.1, 0.15) is 6.42 Å². The zero-order valence-corrected chi connectivity index (χ0v) is 10.2. The third-order valence-corrected chi connectivity index (χ3v) is 3.12. The molecule has 106 valence electrons. The number of hydrogen-bond donors (Lipinski definition) is 0. The summed E-state index contributed by atoms with van der Waals surface area (Å²) in [7, 11) is 1.52. The highest BCUT2D eigenvalue weighted by Gasteiger charge is 2.48. The van der Waals surface area contributed by atoms with Crippen LogP contribution < -0.4 is 5.69 Å². The molecule has 1 aromatic rings. The Morgan fingerprint density at radius 2 is 2.11 bits per heavy atom. The number of carbonyl (C=O) groups excluding carboxylic acids is 1. The Morgan fingerprint density at radius 3 is 2.58 bits per heavy atom. The lowest BCUT2D eigenvalue weighted by Crippen LogP contribution is -2.55. The molecule has 0 atom stereocenters. The van der Waals surface area contributed by atoms with E-state index in [0.717, 1.165) is 9.58 Å². The molecule has 19 heavy (non-hydrogen) atoms. The largest absolute Gasteiger partial charge is 0.395 e. The molecule has 0 saturated carbocycles. The number of aryl methyl sites for hydroxylation is 2. The molecule has 1 aromatic heterocycles. The summed E-state index contributed by atoms with van der Waals surface area (Å²) in [6, 6.07) is 0. The van der Waals surface area contributed by atoms with Crippen LogP contribution in [0.15, 0.2) is 11.1 Å². The van der Waals surface area contributed by atoms with Gasteiger partial charge in [-0.05, 0) is 0 Å². The molecule has 1 aliphatic rings. The van der Waals surface area contributed by atoms with E-state index >= 15 is 0 Å². The highest BCUT2D eigenvalue weighted by molar-refractivity contribution is 5.76. The summed E-state index contributed by atoms with van der Waals surface area (Å²) in [6.45, 7) is -0.509. The first-order chi connectivity index (χ1) is 8.79. The molecule has 0 bridgehead atoms. The standard InChI is InChI=1S/C10H13F3N4O2/c1-15-6-14-17(9(15)19)3-2-8(18)16-4-7(5-16)10(11,12)13/h6-7H,2-5H2,1H3. The smallest absolute Gasteiger partial charge is 0.341 e. The maximum atomic E-state index is 12.2. The predicted molar refractivity (Wildman–Crippen MR) is 58.2 cm³/mol. The summed E-state index contributed by atoms with van der Waals surface area (Å²) in [4.78, 5) is 24.2. The van der Waals surface area contributed by atoms with Gasteiger partial charge in [-0.2, -0.15) is 18.3 Å². The molecule has 9 heteroatoms. The summed E-state index contributed by atoms with van der Waals surface area (Å²) in [5, 5.41) is 3.76. The number of carbonyl (C=O) groups is 1. The van der Waals surface area contributed by atoms with Crippen molar-refractivity contribution in [2.45, 2.75) is 19.1 Å². The van der Waals surface area contributed by atoms with Crippen LogP contribution in [0.5, 0.6) is 0 Å². The van der Waals surface area contributed by atoms with Crippen LogP contribution in [0.2, 0.25) is 0 Å². The van der Waals surface area contributed by atoms with Crippen molar-refractivity contribution in [3.8, 4) is 0 Å². The topological polar surface area (TPSA) is 60.1 Å². The molecular weight excluding hydrogens is 265 g/mol. The van der Waals surface area contributed by atoms with Crippen molar-refractivity contribution in [1.29, 1.82) is 0 Å². The van der Waals surface area contributed by atoms with Gasteiger partial charge in [-0.25, -0.2) is 9.48 Å². The Labute approximate surface area is 106 Å². The number of nitrogens with zero attached hydrogens (tertiary/aromatic N) is 4. The summed E-state index contributed by atoms with van der Waals surface area (Å²) < 4.78 is 39.1. The van der Waals surface area contributed by atoms with Crippen molar-refractivity contribution in [3.05, 3.63) is 16.8 Å². The van der Waals surface area contributed by atoms with Gasteiger partial charge in [0.2, 0.25) is 5.91 Å². The quantitative estimate of drug-likeness (QED) is 0.781. The second kappa shape index (κ2) is 4.71. The number of likely N-dealkylation sites (tertiary alicyclic amines) is 1. The van der Waals surface area contributed by atoms with E-state index in [1.807, 2.05) is 0 Å². The number of halogens is 3. The van der Waals surface area contributed by atoms with Gasteiger partial charge < -0.3 is 4.90 Å². The molecular formula is C10H13F3N4O2. The predicted octanol–water partition coefficient (Wildman–Crippen LogP) is -0.00740. The molecule has 1 saturated heterocycles. The van der Waals surface area contributed by atoms with Gasteiger partial charge in [0, 0.05) is 26.6 Å². The van der Waals surface area contributed by atoms with Gasteiger partial charge in [0.1, 0.15) is 6.33 Å². The van der Waals surface area contributed by atoms with Gasteiger partial charge in [-0.1, -0.05) is 0 Å². The first-order valence-corrected chi connectivity index (χ1v) is 5.72. The van der Waals surface area contributed by atoms with E-state index in [1.165, 1.54) is 17.9 Å². The lowest BCUT2D eigenvalue weighted by atomic mass is 9.99. The fourth-order valence-corrected chi connectivity index (χ4v) is 1.82. The number of rotatable bonds is 3. The fraction of sp³-hybridized carbons (Fsp3) is 0.700. The summed E-state index contributed by atoms with van der Waals surface area (Å²) in [5.74, 6) is -1.81. The van der Waals surface area contributed by atoms with Gasteiger partial charge in [-0.15, -0.1) is 0 Å². The number of amides is 1. The number of aromatic nitrogens is 3. The van der Waals surface area contributed by atoms with Crippen molar-refractivity contribution in [2.75, 3.05) is 13.1 Å². The molecule has 1 fully saturated rings. The molecule has 1 aliphatic heterocycles. The maximum Gasteiger partial charge on any atom is 0.395 e. The van der Waals surface area contributed by atoms with E-state index in [-0.39, 0.29) is 31.7 Å². The Morgan fingerprint density at radius 1 is 1.47 bits per heavy atom. The summed E-state index contributed by atoms with van der Waals surface area (Å²) in [6.07, 6.45) is -2.95. The van der Waals surface area contributed by atoms with Crippen LogP contribution in [-0.4, -0.2) is 44.4 Å². The van der Waals surface area contributed by atoms with Crippen LogP contribution in [0.3, 0.4) is 0 Å². The Kier molecular flexibility index (Phi) is 3.38. The van der Waals surface area contributed by atoms with Crippen LogP contribution in [-0.2, 0) is 18.4 Å². The lowest BCUT2D eigenvalue weighted by Gasteiger charge is -2.40. The van der Waals surface area contributed by atoms with E-state index in [1.54, 1.807) is 0 Å². The highest BCUT2D eigenvalue weighted by atomic mass is 19.4. The summed E-state index contributed by atoms with van der Waals surface area (Å²) >= 11 is 0. The third-order valence-electron chi connectivity index (χ3n) is 3.12. The van der Waals surface area contributed by atoms with E-state index in [4.69, 9.17) is 0 Å². The first kappa shape index (κ1) is 13.6. The average Bonchev–Trinajstić information content (AvgIpc) is 2.53. The lowest BCUT2D eigenvalue weighted by molar-refractivity contribution is -0.209. The van der Waals surface area contributed by atoms with Crippen molar-refractivity contribution >= 4 is 5.91 Å². The molecule has 1 amide bonds. The Balaban J connectivity index is 1.81. The molecule has 2 heterocycles. The van der Waals surface area contributed by atoms with Crippen LogP contribution in [0.4, 0.5) is 13.2 Å². The average molecular weight is 278 g/mol. The van der Waals surface area contributed by atoms with E-state index in [2.05, 4.69) is 5.10 Å². The SMILES string of the molecule is Cn1cnn(CCC(=O)N2CC(C(F)(F)F)C2)c1=O. The van der Waals surface area contributed by atoms with Gasteiger partial charge in [0.05, 0.1) is 12.5 Å². The minimum absolute atomic E-state index is 0.0263. The van der Waals surface area contributed by atoms with Crippen molar-refractivity contribution < 1.29 is 18.0 Å². The zero-order valence-electron chi connectivity index (χ0n) is 10.2. The van der Waals surface area contributed by atoms with Crippen molar-refractivity contribution in [2.24, 2.45) is 13.0 Å². The van der Waals surface area contributed by atoms with Gasteiger partial charge in [0.25, 0.3) is 0 Å². The second-order valence-electron chi connectivity index (χ2n) is 4.53. The second-order valence-corrected chi connectivity index (χ2v) is 4.53. The minimum atomic E-state index is -4.24.